The highest BCUT2D eigenvalue weighted by Crippen LogP contribution is 2.27. The number of anilines is 1. The number of imide groups is 1. The van der Waals surface area contributed by atoms with Gasteiger partial charge in [-0.2, -0.15) is 0 Å². The Kier molecular flexibility index (Phi) is 6.26. The van der Waals surface area contributed by atoms with Crippen LogP contribution >= 0.6 is 11.3 Å². The van der Waals surface area contributed by atoms with E-state index in [1.807, 2.05) is 0 Å². The van der Waals surface area contributed by atoms with Gasteiger partial charge in [0.15, 0.2) is 0 Å². The van der Waals surface area contributed by atoms with Gasteiger partial charge < -0.3 is 9.64 Å². The minimum absolute atomic E-state index is 0.183. The van der Waals surface area contributed by atoms with Crippen LogP contribution in [0.4, 0.5) is 5.69 Å². The summed E-state index contributed by atoms with van der Waals surface area (Å²) in [6.07, 6.45) is 1.25. The van der Waals surface area contributed by atoms with E-state index in [-0.39, 0.29) is 18.2 Å². The minimum atomic E-state index is -0.449. The number of hydrogen-bond acceptors (Lipinski definition) is 7. The molecule has 7 nitrogen and oxygen atoms in total. The average molecular weight is 428 g/mol. The number of ether oxygens (including phenoxy) is 1. The van der Waals surface area contributed by atoms with Gasteiger partial charge in [-0.25, -0.2) is 9.69 Å². The zero-order valence-corrected chi connectivity index (χ0v) is 17.8. The Morgan fingerprint density at radius 2 is 1.83 bits per heavy atom. The number of piperazine rings is 1. The summed E-state index contributed by atoms with van der Waals surface area (Å²) < 4.78 is 4.69. The second-order valence-electron chi connectivity index (χ2n) is 7.53. The maximum Gasteiger partial charge on any atom is 0.337 e. The number of hydrogen-bond donors (Lipinski definition) is 0. The van der Waals surface area contributed by atoms with Gasteiger partial charge in [0.1, 0.15) is 0 Å². The largest absolute Gasteiger partial charge is 0.465 e. The third-order valence-corrected chi connectivity index (χ3v) is 6.71. The Morgan fingerprint density at radius 1 is 1.10 bits per heavy atom. The fourth-order valence-corrected chi connectivity index (χ4v) is 4.76. The molecular formula is C22H25N3O4S. The highest BCUT2D eigenvalue weighted by molar-refractivity contribution is 7.09. The second-order valence-corrected chi connectivity index (χ2v) is 8.56. The van der Waals surface area contributed by atoms with Crippen LogP contribution in [0.25, 0.3) is 0 Å². The molecule has 30 heavy (non-hydrogen) atoms. The first-order valence-electron chi connectivity index (χ1n) is 10.1. The van der Waals surface area contributed by atoms with Gasteiger partial charge in [-0.3, -0.25) is 14.5 Å². The standard InChI is InChI=1S/C22H25N3O4S/c1-29-22(28)16-4-6-17(7-5-16)25-20(26)15-19(21(25)27)24-12-10-23(11-13-24)9-8-18-3-2-14-30-18/h2-7,14,19H,8-13,15H2,1H3. The van der Waals surface area contributed by atoms with Crippen molar-refractivity contribution in [3.8, 4) is 0 Å². The Bertz CT molecular complexity index is 905. The molecule has 0 spiro atoms. The van der Waals surface area contributed by atoms with E-state index < -0.39 is 12.0 Å². The highest BCUT2D eigenvalue weighted by atomic mass is 32.1. The summed E-state index contributed by atoms with van der Waals surface area (Å²) in [6.45, 7) is 4.38. The van der Waals surface area contributed by atoms with Crippen molar-refractivity contribution in [3.05, 3.63) is 52.2 Å². The van der Waals surface area contributed by atoms with Crippen LogP contribution in [0.3, 0.4) is 0 Å². The van der Waals surface area contributed by atoms with Crippen LogP contribution in [0.15, 0.2) is 41.8 Å². The normalized spacial score (nSPS) is 20.7. The molecule has 2 aromatic rings. The van der Waals surface area contributed by atoms with E-state index in [0.717, 1.165) is 39.1 Å². The first kappa shape index (κ1) is 20.7. The van der Waals surface area contributed by atoms with Gasteiger partial charge in [-0.05, 0) is 42.1 Å². The van der Waals surface area contributed by atoms with Gasteiger partial charge >= 0.3 is 5.97 Å². The molecule has 2 saturated heterocycles. The highest BCUT2D eigenvalue weighted by Gasteiger charge is 2.43. The lowest BCUT2D eigenvalue weighted by Gasteiger charge is -2.37. The van der Waals surface area contributed by atoms with Crippen molar-refractivity contribution in [1.29, 1.82) is 0 Å². The number of esters is 1. The molecule has 1 aromatic carbocycles. The number of rotatable bonds is 6. The summed E-state index contributed by atoms with van der Waals surface area (Å²) in [5, 5.41) is 2.10. The van der Waals surface area contributed by atoms with E-state index in [9.17, 15) is 14.4 Å². The smallest absolute Gasteiger partial charge is 0.337 e. The molecule has 4 rings (SSSR count). The molecule has 3 heterocycles. The SMILES string of the molecule is COC(=O)c1ccc(N2C(=O)CC(N3CCN(CCc4cccs4)CC3)C2=O)cc1. The number of thiophene rings is 1. The van der Waals surface area contributed by atoms with Crippen molar-refractivity contribution in [1.82, 2.24) is 9.80 Å². The van der Waals surface area contributed by atoms with Crippen molar-refractivity contribution in [2.75, 3.05) is 44.7 Å². The van der Waals surface area contributed by atoms with Crippen molar-refractivity contribution in [2.45, 2.75) is 18.9 Å². The number of benzene rings is 1. The van der Waals surface area contributed by atoms with E-state index in [4.69, 9.17) is 4.74 Å². The topological polar surface area (TPSA) is 70.2 Å². The number of amides is 2. The van der Waals surface area contributed by atoms with Gasteiger partial charge in [0, 0.05) is 37.6 Å². The zero-order valence-electron chi connectivity index (χ0n) is 17.0. The quantitative estimate of drug-likeness (QED) is 0.519. The molecular weight excluding hydrogens is 402 g/mol. The molecule has 2 fully saturated rings. The summed E-state index contributed by atoms with van der Waals surface area (Å²) in [6, 6.07) is 10.2. The zero-order chi connectivity index (χ0) is 21.1. The summed E-state index contributed by atoms with van der Waals surface area (Å²) in [4.78, 5) is 44.4. The Balaban J connectivity index is 1.34. The van der Waals surface area contributed by atoms with Crippen molar-refractivity contribution in [3.63, 3.8) is 0 Å². The van der Waals surface area contributed by atoms with Gasteiger partial charge in [0.05, 0.1) is 30.8 Å². The molecule has 8 heteroatoms. The first-order valence-corrected chi connectivity index (χ1v) is 11.0. The van der Waals surface area contributed by atoms with Gasteiger partial charge in [0.25, 0.3) is 5.91 Å². The molecule has 0 radical (unpaired) electrons. The number of carbonyl (C=O) groups is 3. The van der Waals surface area contributed by atoms with Gasteiger partial charge in [0.2, 0.25) is 5.91 Å². The molecule has 2 aliphatic heterocycles. The molecule has 0 saturated carbocycles. The van der Waals surface area contributed by atoms with Crippen LogP contribution in [0.2, 0.25) is 0 Å². The van der Waals surface area contributed by atoms with Crippen molar-refractivity contribution < 1.29 is 19.1 Å². The first-order chi connectivity index (χ1) is 14.6. The van der Waals surface area contributed by atoms with Crippen LogP contribution < -0.4 is 4.90 Å². The van der Waals surface area contributed by atoms with Gasteiger partial charge in [-0.1, -0.05) is 6.07 Å². The Labute approximate surface area is 179 Å². The summed E-state index contributed by atoms with van der Waals surface area (Å²) in [7, 11) is 1.32. The lowest BCUT2D eigenvalue weighted by atomic mass is 10.1. The molecule has 0 bridgehead atoms. The van der Waals surface area contributed by atoms with Gasteiger partial charge in [-0.15, -0.1) is 11.3 Å². The van der Waals surface area contributed by atoms with Crippen LogP contribution in [-0.4, -0.2) is 73.5 Å². The van der Waals surface area contributed by atoms with E-state index in [1.165, 1.54) is 16.9 Å². The summed E-state index contributed by atoms with van der Waals surface area (Å²) in [5.74, 6) is -0.829. The van der Waals surface area contributed by atoms with E-state index >= 15 is 0 Å². The predicted molar refractivity (Wildman–Crippen MR) is 115 cm³/mol. The predicted octanol–water partition coefficient (Wildman–Crippen LogP) is 2.03. The van der Waals surface area contributed by atoms with Crippen molar-refractivity contribution >= 4 is 34.8 Å². The molecule has 1 aromatic heterocycles. The monoisotopic (exact) mass is 427 g/mol. The third kappa shape index (κ3) is 4.30. The van der Waals surface area contributed by atoms with E-state index in [2.05, 4.69) is 27.3 Å². The lowest BCUT2D eigenvalue weighted by molar-refractivity contribution is -0.123. The van der Waals surface area contributed by atoms with E-state index in [1.54, 1.807) is 35.6 Å². The van der Waals surface area contributed by atoms with Crippen LogP contribution in [-0.2, 0) is 20.7 Å². The van der Waals surface area contributed by atoms with Crippen molar-refractivity contribution in [2.24, 2.45) is 0 Å². The Morgan fingerprint density at radius 3 is 2.47 bits per heavy atom. The molecule has 1 atom stereocenters. The molecule has 2 aliphatic rings. The molecule has 158 valence electrons. The minimum Gasteiger partial charge on any atom is -0.465 e. The average Bonchev–Trinajstić information content (AvgIpc) is 3.40. The van der Waals surface area contributed by atoms with Crippen LogP contribution in [0, 0.1) is 0 Å². The summed E-state index contributed by atoms with van der Waals surface area (Å²) >= 11 is 1.78. The lowest BCUT2D eigenvalue weighted by Crippen LogP contribution is -2.52. The fourth-order valence-electron chi connectivity index (χ4n) is 4.06. The number of nitrogens with zero attached hydrogens (tertiary/aromatic N) is 3. The Hall–Kier alpha value is -2.55. The second kappa shape index (κ2) is 9.07. The number of carbonyl (C=O) groups excluding carboxylic acids is 3. The van der Waals surface area contributed by atoms with Crippen LogP contribution in [0.5, 0.6) is 0 Å². The maximum atomic E-state index is 13.0. The maximum absolute atomic E-state index is 13.0. The molecule has 2 amide bonds. The molecule has 0 N–H and O–H groups in total. The van der Waals surface area contributed by atoms with Crippen LogP contribution in [0.1, 0.15) is 21.7 Å². The van der Waals surface area contributed by atoms with E-state index in [0.29, 0.717) is 11.3 Å². The molecule has 1 unspecified atom stereocenters. The molecule has 0 aliphatic carbocycles. The number of methoxy groups -OCH3 is 1. The third-order valence-electron chi connectivity index (χ3n) is 5.77. The fraction of sp³-hybridized carbons (Fsp3) is 0.409. The summed E-state index contributed by atoms with van der Waals surface area (Å²) in [5.41, 5.74) is 0.880.